The lowest BCUT2D eigenvalue weighted by Gasteiger charge is -2.17. The molecule has 0 aliphatic heterocycles. The van der Waals surface area contributed by atoms with Crippen LogP contribution in [-0.4, -0.2) is 30.4 Å². The highest BCUT2D eigenvalue weighted by atomic mass is 79.9. The summed E-state index contributed by atoms with van der Waals surface area (Å²) in [6, 6.07) is 12.1. The second-order valence-corrected chi connectivity index (χ2v) is 6.74. The quantitative estimate of drug-likeness (QED) is 0.789. The average molecular weight is 379 g/mol. The molecule has 124 valence electrons. The molecule has 5 heteroatoms. The van der Waals surface area contributed by atoms with Gasteiger partial charge in [0.25, 0.3) is 0 Å². The fourth-order valence-electron chi connectivity index (χ4n) is 2.22. The van der Waals surface area contributed by atoms with Crippen LogP contribution >= 0.6 is 15.9 Å². The summed E-state index contributed by atoms with van der Waals surface area (Å²) in [6.07, 6.45) is 0.935. The third-order valence-corrected chi connectivity index (χ3v) is 4.18. The van der Waals surface area contributed by atoms with Crippen LogP contribution in [0.2, 0.25) is 0 Å². The molecule has 1 amide bonds. The highest BCUT2D eigenvalue weighted by Crippen LogP contribution is 2.24. The van der Waals surface area contributed by atoms with E-state index >= 15 is 0 Å². The molecule has 0 spiro atoms. The Morgan fingerprint density at radius 3 is 2.61 bits per heavy atom. The van der Waals surface area contributed by atoms with Gasteiger partial charge in [-0.3, -0.25) is 9.69 Å². The van der Waals surface area contributed by atoms with E-state index in [2.05, 4.69) is 28.2 Å². The second kappa shape index (κ2) is 8.31. The minimum atomic E-state index is 0.0431. The van der Waals surface area contributed by atoms with E-state index in [-0.39, 0.29) is 11.9 Å². The molecule has 1 aromatic heterocycles. The van der Waals surface area contributed by atoms with E-state index in [4.69, 9.17) is 4.42 Å². The van der Waals surface area contributed by atoms with Crippen molar-refractivity contribution in [2.45, 2.75) is 32.9 Å². The van der Waals surface area contributed by atoms with Crippen molar-refractivity contribution in [3.63, 3.8) is 0 Å². The van der Waals surface area contributed by atoms with Gasteiger partial charge in [-0.15, -0.1) is 0 Å². The van der Waals surface area contributed by atoms with E-state index in [1.54, 1.807) is 0 Å². The molecule has 23 heavy (non-hydrogen) atoms. The molecule has 1 N–H and O–H groups in total. The molecule has 0 aliphatic rings. The van der Waals surface area contributed by atoms with Gasteiger partial charge in [0.2, 0.25) is 5.91 Å². The van der Waals surface area contributed by atoms with Crippen LogP contribution in [0.25, 0.3) is 11.3 Å². The molecule has 0 bridgehead atoms. The topological polar surface area (TPSA) is 45.5 Å². The van der Waals surface area contributed by atoms with Crippen LogP contribution in [0.15, 0.2) is 45.3 Å². The van der Waals surface area contributed by atoms with Crippen LogP contribution in [-0.2, 0) is 11.3 Å². The van der Waals surface area contributed by atoms with Crippen LogP contribution in [0.1, 0.15) is 26.0 Å². The number of benzene rings is 1. The molecule has 0 fully saturated rings. The van der Waals surface area contributed by atoms with Crippen molar-refractivity contribution < 1.29 is 9.21 Å². The number of hydrogen-bond acceptors (Lipinski definition) is 3. The monoisotopic (exact) mass is 378 g/mol. The Morgan fingerprint density at radius 2 is 1.96 bits per heavy atom. The molecule has 0 saturated carbocycles. The lowest BCUT2D eigenvalue weighted by molar-refractivity contribution is -0.122. The molecule has 0 unspecified atom stereocenters. The van der Waals surface area contributed by atoms with Gasteiger partial charge in [0.05, 0.1) is 13.1 Å². The van der Waals surface area contributed by atoms with Crippen LogP contribution in [0.3, 0.4) is 0 Å². The third-order valence-electron chi connectivity index (χ3n) is 3.65. The van der Waals surface area contributed by atoms with Crippen molar-refractivity contribution in [1.29, 1.82) is 0 Å². The summed E-state index contributed by atoms with van der Waals surface area (Å²) in [5.41, 5.74) is 1.04. The van der Waals surface area contributed by atoms with E-state index < -0.39 is 0 Å². The fraction of sp³-hybridized carbons (Fsp3) is 0.389. The fourth-order valence-corrected chi connectivity index (χ4v) is 2.49. The van der Waals surface area contributed by atoms with E-state index in [9.17, 15) is 4.79 Å². The number of likely N-dealkylation sites (N-methyl/N-ethyl adjacent to an activating group) is 1. The Balaban J connectivity index is 1.91. The average Bonchev–Trinajstić information content (AvgIpc) is 2.95. The number of amides is 1. The molecule has 0 radical (unpaired) electrons. The summed E-state index contributed by atoms with van der Waals surface area (Å²) < 4.78 is 6.92. The number of halogens is 1. The molecule has 1 atom stereocenters. The molecular formula is C18H23BrN2O2. The van der Waals surface area contributed by atoms with E-state index in [1.807, 2.05) is 55.3 Å². The summed E-state index contributed by atoms with van der Waals surface area (Å²) in [7, 11) is 1.91. The van der Waals surface area contributed by atoms with Gasteiger partial charge < -0.3 is 9.73 Å². The molecule has 1 heterocycles. The Morgan fingerprint density at radius 1 is 1.26 bits per heavy atom. The first-order valence-corrected chi connectivity index (χ1v) is 8.59. The van der Waals surface area contributed by atoms with Gasteiger partial charge in [-0.2, -0.15) is 0 Å². The van der Waals surface area contributed by atoms with Gasteiger partial charge in [0.1, 0.15) is 11.5 Å². The molecular weight excluding hydrogens is 356 g/mol. The highest BCUT2D eigenvalue weighted by molar-refractivity contribution is 9.10. The predicted octanol–water partition coefficient (Wildman–Crippen LogP) is 4.06. The molecule has 0 aliphatic carbocycles. The SMILES string of the molecule is CC[C@@H](C)NC(=O)CN(C)Cc1ccc(-c2ccc(Br)cc2)o1. The number of carbonyl (C=O) groups excluding carboxylic acids is 1. The highest BCUT2D eigenvalue weighted by Gasteiger charge is 2.11. The van der Waals surface area contributed by atoms with Gasteiger partial charge in [-0.05, 0) is 44.7 Å². The zero-order chi connectivity index (χ0) is 16.8. The maximum Gasteiger partial charge on any atom is 0.234 e. The van der Waals surface area contributed by atoms with Gasteiger partial charge in [0, 0.05) is 16.1 Å². The van der Waals surface area contributed by atoms with Crippen LogP contribution < -0.4 is 5.32 Å². The number of nitrogens with one attached hydrogen (secondary N) is 1. The Bertz CT molecular complexity index is 637. The zero-order valence-electron chi connectivity index (χ0n) is 13.8. The van der Waals surface area contributed by atoms with Gasteiger partial charge in [-0.1, -0.05) is 35.0 Å². The maximum atomic E-state index is 11.9. The van der Waals surface area contributed by atoms with Crippen molar-refractivity contribution in [3.8, 4) is 11.3 Å². The first kappa shape index (κ1) is 17.8. The number of carbonyl (C=O) groups is 1. The van der Waals surface area contributed by atoms with E-state index in [0.29, 0.717) is 13.1 Å². The molecule has 2 aromatic rings. The van der Waals surface area contributed by atoms with Crippen molar-refractivity contribution in [2.24, 2.45) is 0 Å². The van der Waals surface area contributed by atoms with Crippen molar-refractivity contribution in [2.75, 3.05) is 13.6 Å². The first-order valence-electron chi connectivity index (χ1n) is 7.80. The lowest BCUT2D eigenvalue weighted by Crippen LogP contribution is -2.39. The van der Waals surface area contributed by atoms with Gasteiger partial charge in [-0.25, -0.2) is 0 Å². The number of furan rings is 1. The summed E-state index contributed by atoms with van der Waals surface area (Å²) in [6.45, 7) is 5.03. The lowest BCUT2D eigenvalue weighted by atomic mass is 10.2. The normalized spacial score (nSPS) is 12.4. The number of hydrogen-bond donors (Lipinski definition) is 1. The van der Waals surface area contributed by atoms with Crippen molar-refractivity contribution >= 4 is 21.8 Å². The third kappa shape index (κ3) is 5.52. The zero-order valence-corrected chi connectivity index (χ0v) is 15.4. The van der Waals surface area contributed by atoms with Gasteiger partial charge >= 0.3 is 0 Å². The first-order chi connectivity index (χ1) is 11.0. The van der Waals surface area contributed by atoms with Gasteiger partial charge in [0.15, 0.2) is 0 Å². The minimum Gasteiger partial charge on any atom is -0.460 e. The summed E-state index contributed by atoms with van der Waals surface area (Å²) in [5.74, 6) is 1.73. The Kier molecular flexibility index (Phi) is 6.42. The van der Waals surface area contributed by atoms with Crippen LogP contribution in [0.4, 0.5) is 0 Å². The molecule has 4 nitrogen and oxygen atoms in total. The van der Waals surface area contributed by atoms with Crippen LogP contribution in [0.5, 0.6) is 0 Å². The molecule has 0 saturated heterocycles. The Hall–Kier alpha value is -1.59. The number of nitrogens with zero attached hydrogens (tertiary/aromatic N) is 1. The smallest absolute Gasteiger partial charge is 0.234 e. The van der Waals surface area contributed by atoms with Crippen molar-refractivity contribution in [1.82, 2.24) is 10.2 Å². The molecule has 1 aromatic carbocycles. The maximum absolute atomic E-state index is 11.9. The molecule has 2 rings (SSSR count). The van der Waals surface area contributed by atoms with E-state index in [0.717, 1.165) is 28.0 Å². The van der Waals surface area contributed by atoms with E-state index in [1.165, 1.54) is 0 Å². The minimum absolute atomic E-state index is 0.0431. The summed E-state index contributed by atoms with van der Waals surface area (Å²) in [5, 5.41) is 2.97. The second-order valence-electron chi connectivity index (χ2n) is 5.82. The number of rotatable bonds is 7. The van der Waals surface area contributed by atoms with Crippen molar-refractivity contribution in [3.05, 3.63) is 46.6 Å². The summed E-state index contributed by atoms with van der Waals surface area (Å²) in [4.78, 5) is 13.8. The predicted molar refractivity (Wildman–Crippen MR) is 96.1 cm³/mol. The summed E-state index contributed by atoms with van der Waals surface area (Å²) >= 11 is 3.43. The Labute approximate surface area is 146 Å². The van der Waals surface area contributed by atoms with Crippen LogP contribution in [0, 0.1) is 0 Å². The largest absolute Gasteiger partial charge is 0.460 e. The standard InChI is InChI=1S/C18H23BrN2O2/c1-4-13(2)20-18(22)12-21(3)11-16-9-10-17(23-16)14-5-7-15(19)8-6-14/h5-10,13H,4,11-12H2,1-3H3,(H,20,22)/t13-/m1/s1.